The number of methoxy groups -OCH3 is 1. The maximum atomic E-state index is 12.4. The van der Waals surface area contributed by atoms with Gasteiger partial charge in [-0.05, 0) is 49.7 Å². The third-order valence-corrected chi connectivity index (χ3v) is 4.94. The van der Waals surface area contributed by atoms with Gasteiger partial charge in [-0.1, -0.05) is 0 Å². The molecule has 1 N–H and O–H groups in total. The number of amides is 4. The van der Waals surface area contributed by atoms with Crippen molar-refractivity contribution in [1.82, 2.24) is 14.7 Å². The summed E-state index contributed by atoms with van der Waals surface area (Å²) in [4.78, 5) is 40.6. The van der Waals surface area contributed by atoms with E-state index in [4.69, 9.17) is 4.74 Å². The molecule has 144 valence electrons. The molecule has 4 amide bonds. The number of rotatable bonds is 4. The van der Waals surface area contributed by atoms with Gasteiger partial charge in [0.15, 0.2) is 11.5 Å². The van der Waals surface area contributed by atoms with E-state index < -0.39 is 17.8 Å². The second-order valence-corrected chi connectivity index (χ2v) is 6.78. The lowest BCUT2D eigenvalue weighted by atomic mass is 10.0. The van der Waals surface area contributed by atoms with E-state index in [0.717, 1.165) is 35.7 Å². The van der Waals surface area contributed by atoms with Gasteiger partial charge < -0.3 is 9.84 Å². The molecular formula is C19H23N3O5. The van der Waals surface area contributed by atoms with Crippen LogP contribution in [0.4, 0.5) is 4.79 Å². The molecule has 8 heteroatoms. The topological polar surface area (TPSA) is 90.4 Å². The molecule has 2 saturated heterocycles. The van der Waals surface area contributed by atoms with Crippen LogP contribution in [0.2, 0.25) is 0 Å². The maximum Gasteiger partial charge on any atom is 0.333 e. The zero-order valence-corrected chi connectivity index (χ0v) is 15.7. The second-order valence-electron chi connectivity index (χ2n) is 6.78. The van der Waals surface area contributed by atoms with Crippen molar-refractivity contribution >= 4 is 23.9 Å². The first-order valence-corrected chi connectivity index (χ1v) is 8.77. The number of carbonyl (C=O) groups is 3. The van der Waals surface area contributed by atoms with Gasteiger partial charge in [-0.25, -0.2) is 4.79 Å². The van der Waals surface area contributed by atoms with Crippen LogP contribution in [0.1, 0.15) is 24.0 Å². The number of carbonyl (C=O) groups excluding carboxylic acids is 3. The van der Waals surface area contributed by atoms with Crippen LogP contribution in [0.5, 0.6) is 11.5 Å². The highest BCUT2D eigenvalue weighted by Crippen LogP contribution is 2.34. The summed E-state index contributed by atoms with van der Waals surface area (Å²) in [5.41, 5.74) is 1.10. The fourth-order valence-corrected chi connectivity index (χ4v) is 3.37. The van der Waals surface area contributed by atoms with Gasteiger partial charge in [0.05, 0.1) is 7.11 Å². The molecule has 1 aromatic carbocycles. The summed E-state index contributed by atoms with van der Waals surface area (Å²) < 4.78 is 5.25. The fraction of sp³-hybridized carbons (Fsp3) is 0.421. The zero-order chi connectivity index (χ0) is 19.7. The van der Waals surface area contributed by atoms with Crippen molar-refractivity contribution in [2.75, 3.05) is 34.3 Å². The minimum absolute atomic E-state index is 0.0530. The van der Waals surface area contributed by atoms with Crippen LogP contribution >= 0.6 is 0 Å². The number of benzene rings is 1. The Morgan fingerprint density at radius 2 is 1.67 bits per heavy atom. The molecule has 0 unspecified atom stereocenters. The summed E-state index contributed by atoms with van der Waals surface area (Å²) in [7, 11) is 4.11. The molecule has 27 heavy (non-hydrogen) atoms. The minimum atomic E-state index is -0.667. The lowest BCUT2D eigenvalue weighted by molar-refractivity contribution is -0.134. The van der Waals surface area contributed by atoms with Crippen LogP contribution in [0.25, 0.3) is 6.08 Å². The van der Waals surface area contributed by atoms with E-state index in [-0.39, 0.29) is 17.1 Å². The molecule has 0 aromatic heterocycles. The first kappa shape index (κ1) is 18.9. The number of barbiturate groups is 1. The number of hydrogen-bond donors (Lipinski definition) is 1. The van der Waals surface area contributed by atoms with Crippen molar-refractivity contribution < 1.29 is 24.2 Å². The summed E-state index contributed by atoms with van der Waals surface area (Å²) in [6.45, 7) is 2.48. The van der Waals surface area contributed by atoms with Crippen LogP contribution in [-0.4, -0.2) is 71.9 Å². The highest BCUT2D eigenvalue weighted by molar-refractivity contribution is 6.30. The van der Waals surface area contributed by atoms with E-state index in [1.165, 1.54) is 27.3 Å². The Morgan fingerprint density at radius 3 is 2.22 bits per heavy atom. The van der Waals surface area contributed by atoms with Crippen LogP contribution in [0.3, 0.4) is 0 Å². The number of likely N-dealkylation sites (N-methyl/N-ethyl adjacent to an activating group) is 2. The largest absolute Gasteiger partial charge is 0.504 e. The van der Waals surface area contributed by atoms with Gasteiger partial charge in [-0.15, -0.1) is 0 Å². The molecule has 0 saturated carbocycles. The van der Waals surface area contributed by atoms with Crippen LogP contribution in [0, 0.1) is 0 Å². The fourth-order valence-electron chi connectivity index (χ4n) is 3.37. The first-order chi connectivity index (χ1) is 12.8. The Labute approximate surface area is 157 Å². The van der Waals surface area contributed by atoms with Crippen molar-refractivity contribution in [3.63, 3.8) is 0 Å². The molecule has 2 aliphatic rings. The smallest absolute Gasteiger partial charge is 0.333 e. The van der Waals surface area contributed by atoms with Gasteiger partial charge >= 0.3 is 6.03 Å². The average Bonchev–Trinajstić information content (AvgIpc) is 3.17. The van der Waals surface area contributed by atoms with Crippen molar-refractivity contribution in [2.45, 2.75) is 19.4 Å². The third kappa shape index (κ3) is 3.52. The number of phenols is 1. The molecule has 1 aromatic rings. The number of phenolic OH excluding ortho intramolecular Hbond substituents is 1. The van der Waals surface area contributed by atoms with E-state index in [1.54, 1.807) is 12.1 Å². The molecule has 2 heterocycles. The molecule has 0 atom stereocenters. The molecule has 0 bridgehead atoms. The predicted molar refractivity (Wildman–Crippen MR) is 98.1 cm³/mol. The number of urea groups is 1. The number of likely N-dealkylation sites (tertiary alicyclic amines) is 1. The van der Waals surface area contributed by atoms with Crippen LogP contribution < -0.4 is 4.74 Å². The summed E-state index contributed by atoms with van der Waals surface area (Å²) in [5, 5.41) is 10.4. The summed E-state index contributed by atoms with van der Waals surface area (Å²) in [6, 6.07) is 2.63. The molecule has 2 fully saturated rings. The molecule has 0 radical (unpaired) electrons. The first-order valence-electron chi connectivity index (χ1n) is 8.77. The van der Waals surface area contributed by atoms with Gasteiger partial charge in [0.2, 0.25) is 0 Å². The number of hydrogen-bond acceptors (Lipinski definition) is 6. The molecular weight excluding hydrogens is 350 g/mol. The highest BCUT2D eigenvalue weighted by atomic mass is 16.5. The second kappa shape index (κ2) is 7.40. The van der Waals surface area contributed by atoms with Gasteiger partial charge in [-0.3, -0.25) is 24.3 Å². The van der Waals surface area contributed by atoms with E-state index in [2.05, 4.69) is 4.90 Å². The third-order valence-electron chi connectivity index (χ3n) is 4.94. The van der Waals surface area contributed by atoms with E-state index in [9.17, 15) is 19.5 Å². The van der Waals surface area contributed by atoms with Gasteiger partial charge in [0, 0.05) is 26.2 Å². The Morgan fingerprint density at radius 1 is 1.07 bits per heavy atom. The van der Waals surface area contributed by atoms with Crippen molar-refractivity contribution in [1.29, 1.82) is 0 Å². The molecule has 8 nitrogen and oxygen atoms in total. The van der Waals surface area contributed by atoms with Gasteiger partial charge in [-0.2, -0.15) is 0 Å². The maximum absolute atomic E-state index is 12.4. The van der Waals surface area contributed by atoms with Crippen molar-refractivity contribution in [2.24, 2.45) is 0 Å². The zero-order valence-electron chi connectivity index (χ0n) is 15.7. The quantitative estimate of drug-likeness (QED) is 0.634. The number of aromatic hydroxyl groups is 1. The van der Waals surface area contributed by atoms with Crippen LogP contribution in [0.15, 0.2) is 17.7 Å². The normalized spacial score (nSPS) is 18.5. The Balaban J connectivity index is 2.00. The van der Waals surface area contributed by atoms with E-state index >= 15 is 0 Å². The molecule has 0 aliphatic carbocycles. The van der Waals surface area contributed by atoms with Gasteiger partial charge in [0.25, 0.3) is 11.8 Å². The summed E-state index contributed by atoms with van der Waals surface area (Å²) >= 11 is 0. The predicted octanol–water partition coefficient (Wildman–Crippen LogP) is 1.43. The number of ether oxygens (including phenoxy) is 1. The highest BCUT2D eigenvalue weighted by Gasteiger charge is 2.37. The average molecular weight is 373 g/mol. The number of imide groups is 2. The molecule has 2 aliphatic heterocycles. The Kier molecular flexibility index (Phi) is 5.18. The summed E-state index contributed by atoms with van der Waals surface area (Å²) in [5.74, 6) is -0.989. The minimum Gasteiger partial charge on any atom is -0.504 e. The van der Waals surface area contributed by atoms with Crippen molar-refractivity contribution in [3.05, 3.63) is 28.8 Å². The van der Waals surface area contributed by atoms with E-state index in [1.807, 2.05) is 0 Å². The van der Waals surface area contributed by atoms with Crippen molar-refractivity contribution in [3.8, 4) is 11.5 Å². The SMILES string of the molecule is COc1cc(C=C2C(=O)N(C)C(=O)N(C)C2=O)cc(CN2CCCC2)c1O. The molecule has 3 rings (SSSR count). The van der Waals surface area contributed by atoms with Crippen LogP contribution in [-0.2, 0) is 16.1 Å². The lowest BCUT2D eigenvalue weighted by Gasteiger charge is -2.29. The summed E-state index contributed by atoms with van der Waals surface area (Å²) in [6.07, 6.45) is 3.67. The lowest BCUT2D eigenvalue weighted by Crippen LogP contribution is -2.52. The Hall–Kier alpha value is -2.87. The number of nitrogens with zero attached hydrogens (tertiary/aromatic N) is 3. The monoisotopic (exact) mass is 373 g/mol. The van der Waals surface area contributed by atoms with Gasteiger partial charge in [0.1, 0.15) is 5.57 Å². The standard InChI is InChI=1S/C19H23N3O5/c1-20-17(24)14(18(25)21(2)19(20)26)9-12-8-13(11-22-6-4-5-7-22)16(23)15(10-12)27-3/h8-10,23H,4-7,11H2,1-3H3. The molecule has 0 spiro atoms. The Bertz CT molecular complexity index is 801. The van der Waals surface area contributed by atoms with E-state index in [0.29, 0.717) is 17.7 Å².